The Balaban J connectivity index is 2.11. The first-order valence-electron chi connectivity index (χ1n) is 11.1. The van der Waals surface area contributed by atoms with Crippen LogP contribution in [0.15, 0.2) is 12.2 Å². The molecule has 0 radical (unpaired) electrons. The number of allylic oxidation sites excluding steroid dienone is 1. The van der Waals surface area contributed by atoms with Gasteiger partial charge in [-0.3, -0.25) is 14.4 Å². The topological polar surface area (TPSA) is 65.1 Å². The van der Waals surface area contributed by atoms with E-state index < -0.39 is 17.4 Å². The molecule has 1 aliphatic carbocycles. The molecule has 0 spiro atoms. The van der Waals surface area contributed by atoms with E-state index in [4.69, 9.17) is 14.3 Å². The maximum Gasteiger partial charge on any atom is 0.324 e. The molecule has 0 bridgehead atoms. The van der Waals surface area contributed by atoms with E-state index in [2.05, 4.69) is 32.8 Å². The predicted molar refractivity (Wildman–Crippen MR) is 112 cm³/mol. The first-order valence-corrected chi connectivity index (χ1v) is 11.1. The average Bonchev–Trinajstić information content (AvgIpc) is 3.05. The van der Waals surface area contributed by atoms with Gasteiger partial charge in [0, 0.05) is 17.0 Å². The molecule has 6 heteroatoms. The van der Waals surface area contributed by atoms with Crippen molar-refractivity contribution >= 4 is 11.9 Å². The van der Waals surface area contributed by atoms with Crippen molar-refractivity contribution in [2.24, 2.45) is 11.3 Å². The summed E-state index contributed by atoms with van der Waals surface area (Å²) < 4.78 is 10.5. The lowest BCUT2D eigenvalue weighted by Crippen LogP contribution is -2.58. The Kier molecular flexibility index (Phi) is 7.91. The van der Waals surface area contributed by atoms with Gasteiger partial charge in [-0.05, 0) is 73.6 Å². The van der Waals surface area contributed by atoms with E-state index in [1.165, 1.54) is 6.42 Å². The second-order valence-corrected chi connectivity index (χ2v) is 9.41. The summed E-state index contributed by atoms with van der Waals surface area (Å²) in [4.78, 5) is 31.7. The summed E-state index contributed by atoms with van der Waals surface area (Å²) in [5, 5.41) is 2.12. The van der Waals surface area contributed by atoms with Crippen LogP contribution in [0.2, 0.25) is 0 Å². The normalized spacial score (nSPS) is 25.8. The van der Waals surface area contributed by atoms with Crippen LogP contribution in [-0.4, -0.2) is 47.9 Å². The van der Waals surface area contributed by atoms with Gasteiger partial charge < -0.3 is 9.47 Å². The van der Waals surface area contributed by atoms with Gasteiger partial charge in [0.1, 0.15) is 0 Å². The van der Waals surface area contributed by atoms with Gasteiger partial charge in [-0.1, -0.05) is 18.6 Å². The number of carbonyl (C=O) groups excluding carboxylic acids is 2. The molecule has 29 heavy (non-hydrogen) atoms. The zero-order valence-corrected chi connectivity index (χ0v) is 19.1. The summed E-state index contributed by atoms with van der Waals surface area (Å²) in [6.45, 7) is 13.3. The first kappa shape index (κ1) is 23.9. The van der Waals surface area contributed by atoms with Gasteiger partial charge in [-0.25, -0.2) is 0 Å². The van der Waals surface area contributed by atoms with Gasteiger partial charge in [-0.2, -0.15) is 5.06 Å². The summed E-state index contributed by atoms with van der Waals surface area (Å²) in [5.74, 6) is -1.17. The minimum Gasteiger partial charge on any atom is -0.465 e. The van der Waals surface area contributed by atoms with Gasteiger partial charge >= 0.3 is 11.9 Å². The first-order chi connectivity index (χ1) is 13.6. The van der Waals surface area contributed by atoms with Crippen molar-refractivity contribution in [3.05, 3.63) is 12.2 Å². The fourth-order valence-corrected chi connectivity index (χ4v) is 5.07. The number of rotatable bonds is 8. The Hall–Kier alpha value is -1.40. The summed E-state index contributed by atoms with van der Waals surface area (Å²) in [5.41, 5.74) is -1.28. The van der Waals surface area contributed by atoms with Gasteiger partial charge in [-0.15, -0.1) is 0 Å². The van der Waals surface area contributed by atoms with Gasteiger partial charge in [0.05, 0.1) is 19.8 Å². The minimum atomic E-state index is -1.23. The van der Waals surface area contributed by atoms with Crippen molar-refractivity contribution in [2.45, 2.75) is 91.1 Å². The zero-order chi connectivity index (χ0) is 21.7. The van der Waals surface area contributed by atoms with Crippen LogP contribution >= 0.6 is 0 Å². The zero-order valence-electron chi connectivity index (χ0n) is 19.1. The van der Waals surface area contributed by atoms with E-state index in [1.54, 1.807) is 13.8 Å². The second kappa shape index (κ2) is 9.61. The molecule has 1 saturated carbocycles. The van der Waals surface area contributed by atoms with Crippen LogP contribution < -0.4 is 0 Å². The molecule has 1 heterocycles. The highest BCUT2D eigenvalue weighted by Gasteiger charge is 2.56. The van der Waals surface area contributed by atoms with Crippen LogP contribution in [0.4, 0.5) is 0 Å². The number of hydrogen-bond donors (Lipinski definition) is 0. The van der Waals surface area contributed by atoms with Crippen LogP contribution in [0.3, 0.4) is 0 Å². The van der Waals surface area contributed by atoms with Gasteiger partial charge in [0.25, 0.3) is 0 Å². The molecule has 0 amide bonds. The fraction of sp³-hybridized carbons (Fsp3) is 0.826. The Morgan fingerprint density at radius 3 is 2.00 bits per heavy atom. The van der Waals surface area contributed by atoms with Crippen molar-refractivity contribution in [1.29, 1.82) is 0 Å². The molecule has 2 rings (SSSR count). The summed E-state index contributed by atoms with van der Waals surface area (Å²) in [7, 11) is 0. The standard InChI is InChI=1S/C23H39NO5/c1-7-27-19(25)23(20(26)28-8-2)16-9-12-18(23)13-10-17-29-24-21(3,4)14-11-15-22(24,5)6/h10,13,18H,7-9,11-12,14-17H2,1-6H3/b13-10+/t18-/m1/s1. The number of nitrogens with zero attached hydrogens (tertiary/aromatic N) is 1. The average molecular weight is 410 g/mol. The highest BCUT2D eigenvalue weighted by molar-refractivity contribution is 6.01. The van der Waals surface area contributed by atoms with Gasteiger partial charge in [0.15, 0.2) is 5.41 Å². The lowest BCUT2D eigenvalue weighted by atomic mass is 9.77. The molecular weight excluding hydrogens is 370 g/mol. The Bertz CT molecular complexity index is 576. The number of hydroxylamine groups is 2. The van der Waals surface area contributed by atoms with Crippen molar-refractivity contribution in [2.75, 3.05) is 19.8 Å². The molecule has 1 atom stereocenters. The van der Waals surface area contributed by atoms with Crippen LogP contribution in [-0.2, 0) is 23.9 Å². The summed E-state index contributed by atoms with van der Waals surface area (Å²) >= 11 is 0. The van der Waals surface area contributed by atoms with Crippen molar-refractivity contribution < 1.29 is 23.9 Å². The van der Waals surface area contributed by atoms with Gasteiger partial charge in [0.2, 0.25) is 0 Å². The van der Waals surface area contributed by atoms with E-state index in [0.29, 0.717) is 13.0 Å². The molecule has 0 aromatic heterocycles. The molecule has 2 fully saturated rings. The van der Waals surface area contributed by atoms with Crippen LogP contribution in [0.5, 0.6) is 0 Å². The van der Waals surface area contributed by atoms with E-state index in [9.17, 15) is 9.59 Å². The maximum atomic E-state index is 12.7. The number of ether oxygens (including phenoxy) is 2. The largest absolute Gasteiger partial charge is 0.465 e. The summed E-state index contributed by atoms with van der Waals surface area (Å²) in [6.07, 6.45) is 9.28. The quantitative estimate of drug-likeness (QED) is 0.336. The van der Waals surface area contributed by atoms with Crippen molar-refractivity contribution in [1.82, 2.24) is 5.06 Å². The lowest BCUT2D eigenvalue weighted by molar-refractivity contribution is -0.274. The Morgan fingerprint density at radius 1 is 0.931 bits per heavy atom. The highest BCUT2D eigenvalue weighted by Crippen LogP contribution is 2.46. The maximum absolute atomic E-state index is 12.7. The third-order valence-corrected chi connectivity index (χ3v) is 6.34. The van der Waals surface area contributed by atoms with E-state index in [-0.39, 0.29) is 30.2 Å². The van der Waals surface area contributed by atoms with E-state index in [1.807, 2.05) is 12.2 Å². The molecule has 2 aliphatic rings. The Labute approximate surface area is 175 Å². The van der Waals surface area contributed by atoms with Crippen molar-refractivity contribution in [3.63, 3.8) is 0 Å². The number of hydrogen-bond acceptors (Lipinski definition) is 6. The molecule has 0 aromatic carbocycles. The van der Waals surface area contributed by atoms with Crippen LogP contribution in [0, 0.1) is 11.3 Å². The van der Waals surface area contributed by atoms with E-state index >= 15 is 0 Å². The summed E-state index contributed by atoms with van der Waals surface area (Å²) in [6, 6.07) is 0. The third kappa shape index (κ3) is 5.02. The second-order valence-electron chi connectivity index (χ2n) is 9.41. The monoisotopic (exact) mass is 409 g/mol. The Morgan fingerprint density at radius 2 is 1.48 bits per heavy atom. The van der Waals surface area contributed by atoms with Crippen LogP contribution in [0.25, 0.3) is 0 Å². The number of esters is 2. The molecule has 0 unspecified atom stereocenters. The molecular formula is C23H39NO5. The minimum absolute atomic E-state index is 0.0252. The van der Waals surface area contributed by atoms with Crippen molar-refractivity contribution in [3.8, 4) is 0 Å². The molecule has 0 N–H and O–H groups in total. The van der Waals surface area contributed by atoms with E-state index in [0.717, 1.165) is 25.7 Å². The SMILES string of the molecule is CCOC(=O)C1(C(=O)OCC)CCC[C@@H]1/C=C/CON1C(C)(C)CCCC1(C)C. The number of piperidine rings is 1. The molecule has 166 valence electrons. The third-order valence-electron chi connectivity index (χ3n) is 6.34. The highest BCUT2D eigenvalue weighted by atomic mass is 16.7. The smallest absolute Gasteiger partial charge is 0.324 e. The molecule has 1 aliphatic heterocycles. The lowest BCUT2D eigenvalue weighted by Gasteiger charge is -2.51. The molecule has 0 aromatic rings. The number of carbonyl (C=O) groups is 2. The molecule has 1 saturated heterocycles. The predicted octanol–water partition coefficient (Wildman–Crippen LogP) is 4.43. The fourth-order valence-electron chi connectivity index (χ4n) is 5.07. The van der Waals surface area contributed by atoms with Crippen LogP contribution in [0.1, 0.15) is 80.1 Å². The molecule has 6 nitrogen and oxygen atoms in total.